The van der Waals surface area contributed by atoms with E-state index in [4.69, 9.17) is 5.73 Å². The first kappa shape index (κ1) is 14.5. The Hall–Kier alpha value is -1.39. The Morgan fingerprint density at radius 2 is 2.19 bits per heavy atom. The fourth-order valence-electron chi connectivity index (χ4n) is 3.88. The summed E-state index contributed by atoms with van der Waals surface area (Å²) in [5.74, 6) is 0.401. The van der Waals surface area contributed by atoms with Gasteiger partial charge in [0, 0.05) is 24.2 Å². The van der Waals surface area contributed by atoms with E-state index in [-0.39, 0.29) is 5.91 Å². The number of nitrogens with one attached hydrogen (secondary N) is 2. The Morgan fingerprint density at radius 3 is 2.95 bits per heavy atom. The lowest BCUT2D eigenvalue weighted by Gasteiger charge is -2.26. The number of amides is 1. The molecule has 1 aromatic rings. The summed E-state index contributed by atoms with van der Waals surface area (Å²) in [7, 11) is 0. The largest absolute Gasteiger partial charge is 0.366 e. The van der Waals surface area contributed by atoms with Crippen molar-refractivity contribution >= 4 is 5.91 Å². The van der Waals surface area contributed by atoms with Crippen LogP contribution in [0.15, 0.2) is 24.3 Å². The summed E-state index contributed by atoms with van der Waals surface area (Å²) in [5.41, 5.74) is 7.07. The first-order chi connectivity index (χ1) is 10.2. The SMILES string of the molecule is NC(=O)c1cccc(CNC2CCCC2C2CCCN2)c1. The first-order valence-corrected chi connectivity index (χ1v) is 8.09. The maximum absolute atomic E-state index is 11.2. The molecule has 21 heavy (non-hydrogen) atoms. The second-order valence-electron chi connectivity index (χ2n) is 6.35. The molecule has 1 aliphatic heterocycles. The summed E-state index contributed by atoms with van der Waals surface area (Å²) in [6.07, 6.45) is 6.55. The lowest BCUT2D eigenvalue weighted by atomic mass is 9.93. The van der Waals surface area contributed by atoms with Crippen LogP contribution in [0.2, 0.25) is 0 Å². The predicted molar refractivity (Wildman–Crippen MR) is 84.0 cm³/mol. The van der Waals surface area contributed by atoms with Crippen LogP contribution >= 0.6 is 0 Å². The number of rotatable bonds is 5. The summed E-state index contributed by atoms with van der Waals surface area (Å²) in [4.78, 5) is 11.2. The van der Waals surface area contributed by atoms with Crippen LogP contribution in [0, 0.1) is 5.92 Å². The van der Waals surface area contributed by atoms with Gasteiger partial charge in [-0.25, -0.2) is 0 Å². The van der Waals surface area contributed by atoms with E-state index in [9.17, 15) is 4.79 Å². The van der Waals surface area contributed by atoms with Crippen molar-refractivity contribution in [1.82, 2.24) is 10.6 Å². The molecule has 4 N–H and O–H groups in total. The van der Waals surface area contributed by atoms with E-state index in [1.807, 2.05) is 12.1 Å². The van der Waals surface area contributed by atoms with Crippen LogP contribution in [0.4, 0.5) is 0 Å². The number of carbonyl (C=O) groups is 1. The number of benzene rings is 1. The highest BCUT2D eigenvalue weighted by Crippen LogP contribution is 2.32. The van der Waals surface area contributed by atoms with Gasteiger partial charge < -0.3 is 16.4 Å². The number of hydrogen-bond acceptors (Lipinski definition) is 3. The van der Waals surface area contributed by atoms with Crippen molar-refractivity contribution < 1.29 is 4.79 Å². The molecule has 3 rings (SSSR count). The third-order valence-corrected chi connectivity index (χ3v) is 4.96. The van der Waals surface area contributed by atoms with Crippen LogP contribution in [-0.2, 0) is 6.54 Å². The van der Waals surface area contributed by atoms with Crippen LogP contribution in [-0.4, -0.2) is 24.5 Å². The quantitative estimate of drug-likeness (QED) is 0.773. The van der Waals surface area contributed by atoms with Gasteiger partial charge >= 0.3 is 0 Å². The average molecular weight is 287 g/mol. The van der Waals surface area contributed by atoms with Crippen LogP contribution in [0.1, 0.15) is 48.0 Å². The van der Waals surface area contributed by atoms with Crippen LogP contribution in [0.5, 0.6) is 0 Å². The Labute approximate surface area is 126 Å². The zero-order chi connectivity index (χ0) is 14.7. The van der Waals surface area contributed by atoms with Gasteiger partial charge in [-0.1, -0.05) is 18.6 Å². The molecule has 1 amide bonds. The van der Waals surface area contributed by atoms with Crippen molar-refractivity contribution in [3.05, 3.63) is 35.4 Å². The molecule has 0 bridgehead atoms. The topological polar surface area (TPSA) is 67.2 Å². The summed E-state index contributed by atoms with van der Waals surface area (Å²) >= 11 is 0. The molecule has 2 aliphatic rings. The van der Waals surface area contributed by atoms with E-state index in [2.05, 4.69) is 16.7 Å². The molecular formula is C17H25N3O. The van der Waals surface area contributed by atoms with E-state index in [0.717, 1.165) is 18.0 Å². The molecule has 114 valence electrons. The van der Waals surface area contributed by atoms with Crippen LogP contribution in [0.25, 0.3) is 0 Å². The van der Waals surface area contributed by atoms with E-state index >= 15 is 0 Å². The molecule has 1 aromatic carbocycles. The monoisotopic (exact) mass is 287 g/mol. The molecule has 2 fully saturated rings. The maximum atomic E-state index is 11.2. The summed E-state index contributed by atoms with van der Waals surface area (Å²) in [6, 6.07) is 8.92. The Kier molecular flexibility index (Phi) is 4.56. The Balaban J connectivity index is 1.58. The lowest BCUT2D eigenvalue weighted by molar-refractivity contribution is 0.1000. The fraction of sp³-hybridized carbons (Fsp3) is 0.588. The molecule has 3 atom stereocenters. The fourth-order valence-corrected chi connectivity index (χ4v) is 3.88. The van der Waals surface area contributed by atoms with Gasteiger partial charge in [-0.05, 0) is 55.8 Å². The zero-order valence-corrected chi connectivity index (χ0v) is 12.5. The second kappa shape index (κ2) is 6.58. The van der Waals surface area contributed by atoms with Gasteiger partial charge in [0.15, 0.2) is 0 Å². The van der Waals surface area contributed by atoms with E-state index < -0.39 is 0 Å². The van der Waals surface area contributed by atoms with Gasteiger partial charge in [-0.2, -0.15) is 0 Å². The highest BCUT2D eigenvalue weighted by molar-refractivity contribution is 5.92. The molecule has 0 spiro atoms. The third-order valence-electron chi connectivity index (χ3n) is 4.96. The highest BCUT2D eigenvalue weighted by atomic mass is 16.1. The van der Waals surface area contributed by atoms with Crippen molar-refractivity contribution in [2.24, 2.45) is 11.7 Å². The lowest BCUT2D eigenvalue weighted by Crippen LogP contribution is -2.41. The van der Waals surface area contributed by atoms with Crippen molar-refractivity contribution in [2.45, 2.75) is 50.7 Å². The van der Waals surface area contributed by atoms with E-state index in [1.165, 1.54) is 38.6 Å². The molecule has 1 saturated heterocycles. The van der Waals surface area contributed by atoms with E-state index in [0.29, 0.717) is 17.6 Å². The first-order valence-electron chi connectivity index (χ1n) is 8.09. The maximum Gasteiger partial charge on any atom is 0.248 e. The van der Waals surface area contributed by atoms with E-state index in [1.54, 1.807) is 6.07 Å². The van der Waals surface area contributed by atoms with Gasteiger partial charge in [-0.15, -0.1) is 0 Å². The second-order valence-corrected chi connectivity index (χ2v) is 6.35. The molecule has 1 heterocycles. The standard InChI is InChI=1S/C17H25N3O/c18-17(21)13-5-1-4-12(10-13)11-20-16-7-2-6-14(16)15-8-3-9-19-15/h1,4-5,10,14-16,19-20H,2-3,6-9,11H2,(H2,18,21). The molecule has 4 heteroatoms. The minimum absolute atomic E-state index is 0.356. The summed E-state index contributed by atoms with van der Waals surface area (Å²) in [6.45, 7) is 1.99. The van der Waals surface area contributed by atoms with Gasteiger partial charge in [0.1, 0.15) is 0 Å². The van der Waals surface area contributed by atoms with Crippen LogP contribution in [0.3, 0.4) is 0 Å². The minimum atomic E-state index is -0.356. The molecule has 1 saturated carbocycles. The van der Waals surface area contributed by atoms with Crippen molar-refractivity contribution in [3.63, 3.8) is 0 Å². The molecule has 1 aliphatic carbocycles. The van der Waals surface area contributed by atoms with Crippen LogP contribution < -0.4 is 16.4 Å². The normalized spacial score (nSPS) is 28.9. The van der Waals surface area contributed by atoms with Crippen molar-refractivity contribution in [1.29, 1.82) is 0 Å². The number of hydrogen-bond donors (Lipinski definition) is 3. The van der Waals surface area contributed by atoms with Crippen molar-refractivity contribution in [3.8, 4) is 0 Å². The number of nitrogens with two attached hydrogens (primary N) is 1. The number of primary amides is 1. The van der Waals surface area contributed by atoms with Gasteiger partial charge in [-0.3, -0.25) is 4.79 Å². The molecule has 4 nitrogen and oxygen atoms in total. The van der Waals surface area contributed by atoms with Gasteiger partial charge in [0.05, 0.1) is 0 Å². The third kappa shape index (κ3) is 3.44. The van der Waals surface area contributed by atoms with Gasteiger partial charge in [0.25, 0.3) is 0 Å². The molecule has 3 unspecified atom stereocenters. The van der Waals surface area contributed by atoms with Gasteiger partial charge in [0.2, 0.25) is 5.91 Å². The minimum Gasteiger partial charge on any atom is -0.366 e. The molecular weight excluding hydrogens is 262 g/mol. The predicted octanol–water partition coefficient (Wildman–Crippen LogP) is 1.80. The summed E-state index contributed by atoms with van der Waals surface area (Å²) in [5, 5.41) is 7.35. The smallest absolute Gasteiger partial charge is 0.248 e. The zero-order valence-electron chi connectivity index (χ0n) is 12.5. The Bertz CT molecular complexity index is 497. The summed E-state index contributed by atoms with van der Waals surface area (Å²) < 4.78 is 0. The Morgan fingerprint density at radius 1 is 1.29 bits per heavy atom. The highest BCUT2D eigenvalue weighted by Gasteiger charge is 2.34. The number of carbonyl (C=O) groups excluding carboxylic acids is 1. The molecule has 0 radical (unpaired) electrons. The molecule has 0 aromatic heterocycles. The average Bonchev–Trinajstić information content (AvgIpc) is 3.16. The van der Waals surface area contributed by atoms with Crippen molar-refractivity contribution in [2.75, 3.05) is 6.54 Å².